The van der Waals surface area contributed by atoms with Gasteiger partial charge in [-0.3, -0.25) is 9.59 Å². The van der Waals surface area contributed by atoms with Crippen molar-refractivity contribution in [1.29, 1.82) is 0 Å². The summed E-state index contributed by atoms with van der Waals surface area (Å²) < 4.78 is 27.8. The number of carbonyl (C=O) groups is 2. The van der Waals surface area contributed by atoms with Gasteiger partial charge in [0.1, 0.15) is 4.75 Å². The standard InChI is InChI=1S/C29H46N2O4S/c1-7-28-13-11-20(26(28,2)3)16-22(28)30(6)24(32)18-9-8-10-19(15-18)25(33)31-23-17-21-12-14-29(23,27(21,4)5)36(31,34)35/h18-23H,7-17H2,1-6H3. The highest BCUT2D eigenvalue weighted by atomic mass is 32.2. The molecule has 4 bridgehead atoms. The second-order valence-corrected chi connectivity index (χ2v) is 16.5. The Kier molecular flexibility index (Phi) is 5.25. The molecule has 8 unspecified atom stereocenters. The van der Waals surface area contributed by atoms with Gasteiger partial charge in [-0.1, -0.05) is 41.0 Å². The van der Waals surface area contributed by atoms with E-state index in [1.807, 2.05) is 7.05 Å². The van der Waals surface area contributed by atoms with E-state index < -0.39 is 14.8 Å². The fourth-order valence-corrected chi connectivity index (χ4v) is 14.0. The zero-order valence-electron chi connectivity index (χ0n) is 23.2. The number of hydrogen-bond acceptors (Lipinski definition) is 4. The molecule has 7 heteroatoms. The number of nitrogens with zero attached hydrogens (tertiary/aromatic N) is 2. The summed E-state index contributed by atoms with van der Waals surface area (Å²) in [6.07, 6.45) is 9.92. The van der Waals surface area contributed by atoms with Crippen LogP contribution in [0.4, 0.5) is 0 Å². The summed E-state index contributed by atoms with van der Waals surface area (Å²) in [4.78, 5) is 29.6. The van der Waals surface area contributed by atoms with E-state index in [2.05, 4.69) is 39.5 Å². The van der Waals surface area contributed by atoms with Crippen molar-refractivity contribution in [3.8, 4) is 0 Å². The van der Waals surface area contributed by atoms with E-state index in [-0.39, 0.29) is 52.0 Å². The maximum atomic E-state index is 13.8. The lowest BCUT2D eigenvalue weighted by Gasteiger charge is -2.57. The quantitative estimate of drug-likeness (QED) is 0.526. The predicted molar refractivity (Wildman–Crippen MR) is 139 cm³/mol. The minimum absolute atomic E-state index is 0.164. The zero-order chi connectivity index (χ0) is 26.1. The molecule has 6 aliphatic rings. The van der Waals surface area contributed by atoms with Gasteiger partial charge in [-0.2, -0.15) is 0 Å². The summed E-state index contributed by atoms with van der Waals surface area (Å²) in [7, 11) is -1.64. The Labute approximate surface area is 218 Å². The molecule has 6 nitrogen and oxygen atoms in total. The van der Waals surface area contributed by atoms with Crippen LogP contribution in [0.3, 0.4) is 0 Å². The molecule has 0 radical (unpaired) electrons. The third kappa shape index (κ3) is 2.62. The Bertz CT molecular complexity index is 1100. The normalized spacial score (nSPS) is 46.9. The SMILES string of the molecule is CCC12CCC(CC1N(C)C(=O)C1CCCC(C(=O)N3C4CC5CCC4(C5(C)C)S3(=O)=O)C1)C2(C)C. The van der Waals surface area contributed by atoms with Gasteiger partial charge in [-0.25, -0.2) is 12.7 Å². The number of hydrogen-bond donors (Lipinski definition) is 0. The summed E-state index contributed by atoms with van der Waals surface area (Å²) in [5, 5.41) is 0. The van der Waals surface area contributed by atoms with Gasteiger partial charge in [0, 0.05) is 24.9 Å². The van der Waals surface area contributed by atoms with Gasteiger partial charge < -0.3 is 4.90 Å². The smallest absolute Gasteiger partial charge is 0.246 e. The minimum Gasteiger partial charge on any atom is -0.342 e. The fraction of sp³-hybridized carbons (Fsp3) is 0.931. The van der Waals surface area contributed by atoms with Crippen LogP contribution in [-0.2, 0) is 19.6 Å². The number of carbonyl (C=O) groups excluding carboxylic acids is 2. The largest absolute Gasteiger partial charge is 0.342 e. The second kappa shape index (κ2) is 7.51. The average molecular weight is 519 g/mol. The lowest BCUT2D eigenvalue weighted by molar-refractivity contribution is -0.143. The van der Waals surface area contributed by atoms with Gasteiger partial charge >= 0.3 is 0 Å². The van der Waals surface area contributed by atoms with Crippen molar-refractivity contribution in [2.75, 3.05) is 7.05 Å². The van der Waals surface area contributed by atoms with Crippen LogP contribution in [0, 0.1) is 39.9 Å². The first kappa shape index (κ1) is 25.2. The lowest BCUT2D eigenvalue weighted by Crippen LogP contribution is -2.75. The number of rotatable bonds is 4. The Hall–Kier alpha value is -1.11. The maximum absolute atomic E-state index is 13.8. The van der Waals surface area contributed by atoms with Crippen molar-refractivity contribution >= 4 is 21.8 Å². The van der Waals surface area contributed by atoms with Crippen LogP contribution < -0.4 is 0 Å². The van der Waals surface area contributed by atoms with Gasteiger partial charge in [0.2, 0.25) is 21.8 Å². The highest BCUT2D eigenvalue weighted by molar-refractivity contribution is 7.92. The molecule has 0 N–H and O–H groups in total. The van der Waals surface area contributed by atoms with Crippen molar-refractivity contribution in [2.24, 2.45) is 39.9 Å². The first-order valence-corrected chi connectivity index (χ1v) is 16.1. The molecule has 2 amide bonds. The fourth-order valence-electron chi connectivity index (χ4n) is 11.1. The van der Waals surface area contributed by atoms with Crippen LogP contribution in [-0.4, -0.2) is 53.3 Å². The molecule has 0 aromatic rings. The minimum atomic E-state index is -3.64. The third-order valence-electron chi connectivity index (χ3n) is 13.4. The monoisotopic (exact) mass is 518 g/mol. The molecule has 202 valence electrons. The van der Waals surface area contributed by atoms with Crippen molar-refractivity contribution in [1.82, 2.24) is 9.21 Å². The van der Waals surface area contributed by atoms with E-state index in [9.17, 15) is 18.0 Å². The summed E-state index contributed by atoms with van der Waals surface area (Å²) in [6, 6.07) is 0.106. The Morgan fingerprint density at radius 1 is 0.889 bits per heavy atom. The molecule has 8 atom stereocenters. The van der Waals surface area contributed by atoms with Gasteiger partial charge in [0.05, 0.1) is 6.04 Å². The molecular weight excluding hydrogens is 472 g/mol. The summed E-state index contributed by atoms with van der Waals surface area (Å²) in [5.41, 5.74) is 0.174. The first-order chi connectivity index (χ1) is 16.8. The molecule has 5 aliphatic carbocycles. The highest BCUT2D eigenvalue weighted by Crippen LogP contribution is 2.71. The summed E-state index contributed by atoms with van der Waals surface area (Å²) in [5.74, 6) is 0.475. The maximum Gasteiger partial charge on any atom is 0.246 e. The molecule has 1 heterocycles. The van der Waals surface area contributed by atoms with Crippen LogP contribution in [0.25, 0.3) is 0 Å². The molecule has 6 rings (SSSR count). The van der Waals surface area contributed by atoms with E-state index >= 15 is 0 Å². The third-order valence-corrected chi connectivity index (χ3v) is 16.3. The second-order valence-electron chi connectivity index (χ2n) is 14.5. The van der Waals surface area contributed by atoms with Gasteiger partial charge in [0.15, 0.2) is 0 Å². The molecule has 0 aromatic heterocycles. The number of amides is 2. The number of sulfonamides is 1. The van der Waals surface area contributed by atoms with E-state index in [1.165, 1.54) is 17.1 Å². The van der Waals surface area contributed by atoms with Crippen molar-refractivity contribution in [2.45, 2.75) is 122 Å². The van der Waals surface area contributed by atoms with E-state index in [0.29, 0.717) is 31.1 Å². The average Bonchev–Trinajstić information content (AvgIpc) is 3.43. The predicted octanol–water partition coefficient (Wildman–Crippen LogP) is 4.98. The highest BCUT2D eigenvalue weighted by Gasteiger charge is 2.81. The molecule has 6 fully saturated rings. The molecule has 36 heavy (non-hydrogen) atoms. The van der Waals surface area contributed by atoms with Crippen molar-refractivity contribution < 1.29 is 18.0 Å². The van der Waals surface area contributed by atoms with Crippen LogP contribution in [0.5, 0.6) is 0 Å². The van der Waals surface area contributed by atoms with E-state index in [1.54, 1.807) is 0 Å². The zero-order valence-corrected chi connectivity index (χ0v) is 24.0. The molecule has 1 aliphatic heterocycles. The van der Waals surface area contributed by atoms with Crippen LogP contribution in [0.2, 0.25) is 0 Å². The molecule has 5 saturated carbocycles. The van der Waals surface area contributed by atoms with Crippen molar-refractivity contribution in [3.05, 3.63) is 0 Å². The van der Waals surface area contributed by atoms with Crippen LogP contribution in [0.15, 0.2) is 0 Å². The lowest BCUT2D eigenvalue weighted by atomic mass is 9.65. The topological polar surface area (TPSA) is 74.8 Å². The van der Waals surface area contributed by atoms with Crippen LogP contribution >= 0.6 is 0 Å². The van der Waals surface area contributed by atoms with Crippen LogP contribution in [0.1, 0.15) is 105 Å². The van der Waals surface area contributed by atoms with Gasteiger partial charge in [-0.05, 0) is 92.3 Å². The van der Waals surface area contributed by atoms with E-state index in [4.69, 9.17) is 0 Å². The summed E-state index contributed by atoms with van der Waals surface area (Å²) >= 11 is 0. The van der Waals surface area contributed by atoms with Gasteiger partial charge in [0.25, 0.3) is 0 Å². The summed E-state index contributed by atoms with van der Waals surface area (Å²) in [6.45, 7) is 11.3. The number of fused-ring (bicyclic) bond motifs is 3. The first-order valence-electron chi connectivity index (χ1n) is 14.6. The Morgan fingerprint density at radius 3 is 2.17 bits per heavy atom. The Morgan fingerprint density at radius 2 is 1.53 bits per heavy atom. The Balaban J connectivity index is 1.18. The van der Waals surface area contributed by atoms with Gasteiger partial charge in [-0.15, -0.1) is 0 Å². The molecule has 1 saturated heterocycles. The molecule has 1 spiro atoms. The van der Waals surface area contributed by atoms with Crippen molar-refractivity contribution in [3.63, 3.8) is 0 Å². The molecule has 0 aromatic carbocycles. The van der Waals surface area contributed by atoms with E-state index in [0.717, 1.165) is 38.5 Å². The molecular formula is C29H46N2O4S.